The van der Waals surface area contributed by atoms with Crippen molar-refractivity contribution >= 4 is 29.9 Å². The molecule has 3 nitrogen and oxygen atoms in total. The normalized spacial score (nSPS) is 11.7. The summed E-state index contributed by atoms with van der Waals surface area (Å²) in [5.41, 5.74) is 2.29. The smallest absolute Gasteiger partial charge is 0.380 e. The van der Waals surface area contributed by atoms with Crippen molar-refractivity contribution in [3.63, 3.8) is 0 Å². The summed E-state index contributed by atoms with van der Waals surface area (Å²) in [5, 5.41) is 2.81. The zero-order valence-electron chi connectivity index (χ0n) is 8.57. The fourth-order valence-corrected chi connectivity index (χ4v) is 3.09. The van der Waals surface area contributed by atoms with E-state index in [4.69, 9.17) is 25.4 Å². The Bertz CT molecular complexity index is 353. The van der Waals surface area contributed by atoms with Gasteiger partial charge in [-0.15, -0.1) is 11.3 Å². The first-order chi connectivity index (χ1) is 6.52. The van der Waals surface area contributed by atoms with Crippen molar-refractivity contribution in [3.05, 3.63) is 16.5 Å². The number of aryl methyl sites for hydroxylation is 1. The molecular weight excluding hydrogens is 239 g/mol. The van der Waals surface area contributed by atoms with Gasteiger partial charge in [0.05, 0.1) is 0 Å². The maximum absolute atomic E-state index is 5.55. The minimum atomic E-state index is -2.57. The minimum absolute atomic E-state index is 0.787. The van der Waals surface area contributed by atoms with Gasteiger partial charge in [-0.1, -0.05) is 0 Å². The summed E-state index contributed by atoms with van der Waals surface area (Å²) in [6.07, 6.45) is 0. The Kier molecular flexibility index (Phi) is 4.10. The van der Waals surface area contributed by atoms with Gasteiger partial charge >= 0.3 is 6.72 Å². The second-order valence-corrected chi connectivity index (χ2v) is 6.73. The molecule has 0 aromatic carbocycles. The molecule has 0 N–H and O–H groups in total. The molecule has 0 spiro atoms. The Hall–Kier alpha value is 0.0700. The third-order valence-electron chi connectivity index (χ3n) is 1.88. The molecule has 14 heavy (non-hydrogen) atoms. The molecule has 0 saturated heterocycles. The van der Waals surface area contributed by atoms with Crippen LogP contribution in [0, 0.1) is 13.8 Å². The Balaban J connectivity index is 2.88. The molecule has 6 heteroatoms. The van der Waals surface area contributed by atoms with Crippen molar-refractivity contribution in [1.29, 1.82) is 0 Å². The fraction of sp³-hybridized carbons (Fsp3) is 0.500. The van der Waals surface area contributed by atoms with Crippen LogP contribution < -0.4 is 4.52 Å². The summed E-state index contributed by atoms with van der Waals surface area (Å²) in [4.78, 5) is 0. The van der Waals surface area contributed by atoms with Crippen LogP contribution in [0.5, 0.6) is 5.06 Å². The third kappa shape index (κ3) is 2.55. The van der Waals surface area contributed by atoms with Crippen LogP contribution >= 0.6 is 18.1 Å². The maximum Gasteiger partial charge on any atom is 0.380 e. The van der Waals surface area contributed by atoms with Gasteiger partial charge in [0.25, 0.3) is 0 Å². The van der Waals surface area contributed by atoms with Crippen molar-refractivity contribution in [2.75, 3.05) is 14.2 Å². The zero-order valence-corrected chi connectivity index (χ0v) is 11.1. The number of thiophene rings is 1. The molecule has 1 rings (SSSR count). The Morgan fingerprint density at radius 1 is 1.29 bits per heavy atom. The van der Waals surface area contributed by atoms with Crippen LogP contribution in [-0.4, -0.2) is 14.2 Å². The Morgan fingerprint density at radius 3 is 2.21 bits per heavy atom. The molecular formula is C8H13O3PS2. The first kappa shape index (κ1) is 12.1. The van der Waals surface area contributed by atoms with E-state index in [2.05, 4.69) is 0 Å². The van der Waals surface area contributed by atoms with Crippen LogP contribution in [-0.2, 0) is 20.9 Å². The monoisotopic (exact) mass is 252 g/mol. The third-order valence-corrected chi connectivity index (χ3v) is 5.50. The average molecular weight is 252 g/mol. The number of hydrogen-bond donors (Lipinski definition) is 0. The largest absolute Gasteiger partial charge is 0.413 e. The van der Waals surface area contributed by atoms with E-state index in [1.165, 1.54) is 31.1 Å². The lowest BCUT2D eigenvalue weighted by molar-refractivity contribution is 0.275. The number of hydrogen-bond acceptors (Lipinski definition) is 5. The van der Waals surface area contributed by atoms with Crippen LogP contribution in [0.2, 0.25) is 0 Å². The van der Waals surface area contributed by atoms with Crippen molar-refractivity contribution < 1.29 is 13.6 Å². The van der Waals surface area contributed by atoms with Gasteiger partial charge in [0, 0.05) is 31.6 Å². The van der Waals surface area contributed by atoms with Crippen LogP contribution in [0.4, 0.5) is 0 Å². The Morgan fingerprint density at radius 2 is 1.86 bits per heavy atom. The van der Waals surface area contributed by atoms with Gasteiger partial charge in [-0.25, -0.2) is 0 Å². The quantitative estimate of drug-likeness (QED) is 0.769. The highest BCUT2D eigenvalue weighted by molar-refractivity contribution is 8.07. The maximum atomic E-state index is 5.55. The standard InChI is InChI=1S/C8H13O3PS2/c1-6-5-14-8(7(6)2)11-12(13,9-3)10-4/h5H,1-4H3. The SMILES string of the molecule is COP(=S)(OC)Oc1scc(C)c1C. The summed E-state index contributed by atoms with van der Waals surface area (Å²) >= 11 is 6.62. The lowest BCUT2D eigenvalue weighted by Gasteiger charge is -2.17. The van der Waals surface area contributed by atoms with E-state index in [1.807, 2.05) is 19.2 Å². The average Bonchev–Trinajstić information content (AvgIpc) is 2.49. The molecule has 1 aromatic rings. The summed E-state index contributed by atoms with van der Waals surface area (Å²) in [6.45, 7) is 1.45. The molecule has 0 bridgehead atoms. The van der Waals surface area contributed by atoms with E-state index in [0.717, 1.165) is 10.6 Å². The molecule has 0 saturated carbocycles. The molecule has 0 aliphatic rings. The van der Waals surface area contributed by atoms with Crippen LogP contribution in [0.25, 0.3) is 0 Å². The van der Waals surface area contributed by atoms with E-state index >= 15 is 0 Å². The first-order valence-electron chi connectivity index (χ1n) is 3.98. The van der Waals surface area contributed by atoms with Crippen molar-refractivity contribution in [1.82, 2.24) is 0 Å². The fourth-order valence-electron chi connectivity index (χ4n) is 0.820. The van der Waals surface area contributed by atoms with Crippen molar-refractivity contribution in [3.8, 4) is 5.06 Å². The van der Waals surface area contributed by atoms with Gasteiger partial charge in [-0.3, -0.25) is 0 Å². The molecule has 0 radical (unpaired) electrons. The Labute approximate surface area is 93.3 Å². The van der Waals surface area contributed by atoms with Crippen molar-refractivity contribution in [2.24, 2.45) is 0 Å². The van der Waals surface area contributed by atoms with Crippen molar-refractivity contribution in [2.45, 2.75) is 13.8 Å². The molecule has 80 valence electrons. The van der Waals surface area contributed by atoms with Gasteiger partial charge in [0.1, 0.15) is 0 Å². The van der Waals surface area contributed by atoms with Crippen LogP contribution in [0.3, 0.4) is 0 Å². The van der Waals surface area contributed by atoms with Gasteiger partial charge in [0.15, 0.2) is 5.06 Å². The predicted molar refractivity (Wildman–Crippen MR) is 62.7 cm³/mol. The molecule has 1 heterocycles. The zero-order chi connectivity index (χ0) is 10.8. The van der Waals surface area contributed by atoms with E-state index in [9.17, 15) is 0 Å². The van der Waals surface area contributed by atoms with Gasteiger partial charge in [0.2, 0.25) is 0 Å². The van der Waals surface area contributed by atoms with E-state index in [0.29, 0.717) is 0 Å². The van der Waals surface area contributed by atoms with E-state index in [-0.39, 0.29) is 0 Å². The van der Waals surface area contributed by atoms with Crippen LogP contribution in [0.15, 0.2) is 5.38 Å². The van der Waals surface area contributed by atoms with Gasteiger partial charge < -0.3 is 13.6 Å². The second-order valence-electron chi connectivity index (χ2n) is 2.73. The topological polar surface area (TPSA) is 27.7 Å². The molecule has 0 atom stereocenters. The molecule has 1 aromatic heterocycles. The summed E-state index contributed by atoms with van der Waals surface area (Å²) in [7, 11) is 3.00. The highest BCUT2D eigenvalue weighted by Gasteiger charge is 2.20. The van der Waals surface area contributed by atoms with Gasteiger partial charge in [-0.2, -0.15) is 0 Å². The molecule has 0 unspecified atom stereocenters. The molecule has 0 aliphatic heterocycles. The molecule has 0 aliphatic carbocycles. The predicted octanol–water partition coefficient (Wildman–Crippen LogP) is 3.26. The molecule has 0 amide bonds. The van der Waals surface area contributed by atoms with E-state index < -0.39 is 6.72 Å². The molecule has 0 fully saturated rings. The van der Waals surface area contributed by atoms with Crippen LogP contribution in [0.1, 0.15) is 11.1 Å². The van der Waals surface area contributed by atoms with Gasteiger partial charge in [-0.05, 0) is 24.8 Å². The summed E-state index contributed by atoms with van der Waals surface area (Å²) < 4.78 is 15.6. The lowest BCUT2D eigenvalue weighted by Crippen LogP contribution is -1.96. The minimum Gasteiger partial charge on any atom is -0.413 e. The number of rotatable bonds is 4. The lowest BCUT2D eigenvalue weighted by atomic mass is 10.2. The first-order valence-corrected chi connectivity index (χ1v) is 7.42. The summed E-state index contributed by atoms with van der Waals surface area (Å²) in [6, 6.07) is 0. The second kappa shape index (κ2) is 4.73. The van der Waals surface area contributed by atoms with E-state index in [1.54, 1.807) is 0 Å². The highest BCUT2D eigenvalue weighted by atomic mass is 32.5. The highest BCUT2D eigenvalue weighted by Crippen LogP contribution is 2.50. The summed E-state index contributed by atoms with van der Waals surface area (Å²) in [5.74, 6) is 0.